The second-order valence-electron chi connectivity index (χ2n) is 4.86. The van der Waals surface area contributed by atoms with Gasteiger partial charge < -0.3 is 10.6 Å². The molecule has 1 aromatic rings. The average Bonchev–Trinajstić information content (AvgIpc) is 2.73. The molecule has 2 unspecified atom stereocenters. The lowest BCUT2D eigenvalue weighted by molar-refractivity contribution is 0.339. The molecule has 2 N–H and O–H groups in total. The Morgan fingerprint density at radius 3 is 3.06 bits per heavy atom. The molecule has 0 aliphatic carbocycles. The molecular formula is C13H17FN2. The van der Waals surface area contributed by atoms with Gasteiger partial charge in [0.25, 0.3) is 0 Å². The standard InChI is InChI=1S/C13H17FN2/c14-11-4-3-9-6-12(16-13(9)7-11)10-2-1-5-15-8-10/h3-4,7,10,12,15-16H,1-2,5-6,8H2. The molecule has 86 valence electrons. The molecule has 2 atom stereocenters. The molecule has 2 nitrogen and oxygen atoms in total. The Morgan fingerprint density at radius 1 is 1.31 bits per heavy atom. The Labute approximate surface area is 95.2 Å². The summed E-state index contributed by atoms with van der Waals surface area (Å²) >= 11 is 0. The molecule has 3 heteroatoms. The molecule has 1 aromatic carbocycles. The van der Waals surface area contributed by atoms with E-state index >= 15 is 0 Å². The summed E-state index contributed by atoms with van der Waals surface area (Å²) < 4.78 is 13.1. The quantitative estimate of drug-likeness (QED) is 0.758. The van der Waals surface area contributed by atoms with Crippen LogP contribution in [0.1, 0.15) is 18.4 Å². The van der Waals surface area contributed by atoms with E-state index in [1.165, 1.54) is 18.4 Å². The van der Waals surface area contributed by atoms with Crippen molar-refractivity contribution in [3.8, 4) is 0 Å². The second kappa shape index (κ2) is 4.06. The van der Waals surface area contributed by atoms with Gasteiger partial charge >= 0.3 is 0 Å². The van der Waals surface area contributed by atoms with Gasteiger partial charge in [0.1, 0.15) is 5.82 Å². The maximum atomic E-state index is 13.1. The van der Waals surface area contributed by atoms with Crippen molar-refractivity contribution in [1.82, 2.24) is 5.32 Å². The zero-order chi connectivity index (χ0) is 11.0. The lowest BCUT2D eigenvalue weighted by Crippen LogP contribution is -2.39. The van der Waals surface area contributed by atoms with Gasteiger partial charge in [-0.05, 0) is 56.0 Å². The van der Waals surface area contributed by atoms with Crippen LogP contribution in [0.15, 0.2) is 18.2 Å². The fourth-order valence-corrected chi connectivity index (χ4v) is 2.86. The van der Waals surface area contributed by atoms with Crippen molar-refractivity contribution in [2.24, 2.45) is 5.92 Å². The van der Waals surface area contributed by atoms with Crippen molar-refractivity contribution in [2.75, 3.05) is 18.4 Å². The molecule has 16 heavy (non-hydrogen) atoms. The van der Waals surface area contributed by atoms with Crippen LogP contribution in [0.2, 0.25) is 0 Å². The summed E-state index contributed by atoms with van der Waals surface area (Å²) in [6.45, 7) is 2.24. The van der Waals surface area contributed by atoms with E-state index in [4.69, 9.17) is 0 Å². The molecule has 0 aromatic heterocycles. The third-order valence-corrected chi connectivity index (χ3v) is 3.76. The smallest absolute Gasteiger partial charge is 0.125 e. The third-order valence-electron chi connectivity index (χ3n) is 3.76. The summed E-state index contributed by atoms with van der Waals surface area (Å²) in [5.74, 6) is 0.540. The molecule has 2 aliphatic heterocycles. The van der Waals surface area contributed by atoms with Gasteiger partial charge in [-0.15, -0.1) is 0 Å². The Balaban J connectivity index is 1.74. The number of fused-ring (bicyclic) bond motifs is 1. The van der Waals surface area contributed by atoms with Gasteiger partial charge in [0.2, 0.25) is 0 Å². The number of hydrogen-bond acceptors (Lipinski definition) is 2. The van der Waals surface area contributed by atoms with E-state index in [-0.39, 0.29) is 5.82 Å². The maximum absolute atomic E-state index is 13.1. The molecule has 1 fully saturated rings. The molecule has 0 spiro atoms. The molecule has 2 heterocycles. The minimum absolute atomic E-state index is 0.145. The van der Waals surface area contributed by atoms with Crippen LogP contribution in [0, 0.1) is 11.7 Å². The zero-order valence-electron chi connectivity index (χ0n) is 9.30. The van der Waals surface area contributed by atoms with Crippen LogP contribution in [-0.4, -0.2) is 19.1 Å². The molecule has 0 saturated carbocycles. The number of hydrogen-bond donors (Lipinski definition) is 2. The topological polar surface area (TPSA) is 24.1 Å². The molecule has 3 rings (SSSR count). The van der Waals surface area contributed by atoms with Crippen LogP contribution >= 0.6 is 0 Å². The fraction of sp³-hybridized carbons (Fsp3) is 0.538. The van der Waals surface area contributed by atoms with Crippen molar-refractivity contribution >= 4 is 5.69 Å². The summed E-state index contributed by atoms with van der Waals surface area (Å²) in [6, 6.07) is 5.58. The van der Waals surface area contributed by atoms with Crippen LogP contribution in [0.25, 0.3) is 0 Å². The highest BCUT2D eigenvalue weighted by atomic mass is 19.1. The highest BCUT2D eigenvalue weighted by molar-refractivity contribution is 5.57. The number of nitrogens with one attached hydrogen (secondary N) is 2. The summed E-state index contributed by atoms with van der Waals surface area (Å²) in [7, 11) is 0. The first-order valence-corrected chi connectivity index (χ1v) is 6.08. The lowest BCUT2D eigenvalue weighted by Gasteiger charge is -2.28. The van der Waals surface area contributed by atoms with Gasteiger partial charge in [0.05, 0.1) is 0 Å². The predicted octanol–water partition coefficient (Wildman–Crippen LogP) is 2.16. The van der Waals surface area contributed by atoms with Crippen molar-refractivity contribution in [3.05, 3.63) is 29.6 Å². The summed E-state index contributed by atoms with van der Waals surface area (Å²) in [6.07, 6.45) is 3.58. The van der Waals surface area contributed by atoms with E-state index in [1.54, 1.807) is 12.1 Å². The van der Waals surface area contributed by atoms with Gasteiger partial charge in [-0.25, -0.2) is 4.39 Å². The molecule has 0 radical (unpaired) electrons. The van der Waals surface area contributed by atoms with Crippen LogP contribution in [-0.2, 0) is 6.42 Å². The largest absolute Gasteiger partial charge is 0.381 e. The molecule has 0 amide bonds. The van der Waals surface area contributed by atoms with Crippen LogP contribution in [0.5, 0.6) is 0 Å². The first-order chi connectivity index (χ1) is 7.83. The summed E-state index contributed by atoms with van der Waals surface area (Å²) in [4.78, 5) is 0. The normalized spacial score (nSPS) is 28.6. The van der Waals surface area contributed by atoms with E-state index in [2.05, 4.69) is 10.6 Å². The second-order valence-corrected chi connectivity index (χ2v) is 4.86. The minimum Gasteiger partial charge on any atom is -0.381 e. The van der Waals surface area contributed by atoms with Crippen LogP contribution < -0.4 is 10.6 Å². The van der Waals surface area contributed by atoms with Gasteiger partial charge in [-0.2, -0.15) is 0 Å². The van der Waals surface area contributed by atoms with Crippen molar-refractivity contribution in [3.63, 3.8) is 0 Å². The van der Waals surface area contributed by atoms with Gasteiger partial charge in [0, 0.05) is 11.7 Å². The monoisotopic (exact) mass is 220 g/mol. The molecular weight excluding hydrogens is 203 g/mol. The number of rotatable bonds is 1. The number of anilines is 1. The van der Waals surface area contributed by atoms with E-state index in [9.17, 15) is 4.39 Å². The Morgan fingerprint density at radius 2 is 2.25 bits per heavy atom. The van der Waals surface area contributed by atoms with Gasteiger partial charge in [-0.1, -0.05) is 6.07 Å². The Kier molecular flexibility index (Phi) is 2.56. The van der Waals surface area contributed by atoms with Crippen molar-refractivity contribution in [2.45, 2.75) is 25.3 Å². The van der Waals surface area contributed by atoms with E-state index in [0.29, 0.717) is 12.0 Å². The van der Waals surface area contributed by atoms with Crippen LogP contribution in [0.4, 0.5) is 10.1 Å². The molecule has 0 bridgehead atoms. The van der Waals surface area contributed by atoms with E-state index in [1.807, 2.05) is 6.07 Å². The predicted molar refractivity (Wildman–Crippen MR) is 63.1 cm³/mol. The zero-order valence-corrected chi connectivity index (χ0v) is 9.30. The molecule has 2 aliphatic rings. The first kappa shape index (κ1) is 10.1. The highest BCUT2D eigenvalue weighted by Crippen LogP contribution is 2.31. The highest BCUT2D eigenvalue weighted by Gasteiger charge is 2.29. The Bertz CT molecular complexity index is 386. The van der Waals surface area contributed by atoms with Gasteiger partial charge in [-0.3, -0.25) is 0 Å². The average molecular weight is 220 g/mol. The van der Waals surface area contributed by atoms with Crippen LogP contribution in [0.3, 0.4) is 0 Å². The van der Waals surface area contributed by atoms with E-state index < -0.39 is 0 Å². The SMILES string of the molecule is Fc1ccc2c(c1)NC(C1CCCNC1)C2. The van der Waals surface area contributed by atoms with Gasteiger partial charge in [0.15, 0.2) is 0 Å². The fourth-order valence-electron chi connectivity index (χ4n) is 2.86. The van der Waals surface area contributed by atoms with E-state index in [0.717, 1.165) is 25.2 Å². The van der Waals surface area contributed by atoms with Crippen molar-refractivity contribution in [1.29, 1.82) is 0 Å². The molecule has 1 saturated heterocycles. The number of halogens is 1. The third kappa shape index (κ3) is 1.80. The maximum Gasteiger partial charge on any atom is 0.125 e. The van der Waals surface area contributed by atoms with Crippen molar-refractivity contribution < 1.29 is 4.39 Å². The number of piperidine rings is 1. The Hall–Kier alpha value is -1.09. The summed E-state index contributed by atoms with van der Waals surface area (Å²) in [5, 5.41) is 6.90. The minimum atomic E-state index is -0.145. The number of benzene rings is 1. The summed E-state index contributed by atoms with van der Waals surface area (Å²) in [5.41, 5.74) is 2.26. The first-order valence-electron chi connectivity index (χ1n) is 6.08. The lowest BCUT2D eigenvalue weighted by atomic mass is 9.90.